The van der Waals surface area contributed by atoms with Crippen LogP contribution in [0.2, 0.25) is 0 Å². The first kappa shape index (κ1) is 11.8. The van der Waals surface area contributed by atoms with E-state index in [0.29, 0.717) is 18.6 Å². The number of carboxylic acids is 1. The van der Waals surface area contributed by atoms with Crippen molar-refractivity contribution in [2.45, 2.75) is 25.6 Å². The number of hydrogen-bond acceptors (Lipinski definition) is 4. The van der Waals surface area contributed by atoms with Crippen LogP contribution in [0.4, 0.5) is 0 Å². The second-order valence-electron chi connectivity index (χ2n) is 3.79. The van der Waals surface area contributed by atoms with Gasteiger partial charge in [-0.3, -0.25) is 4.79 Å². The van der Waals surface area contributed by atoms with Crippen LogP contribution in [-0.4, -0.2) is 33.3 Å². The van der Waals surface area contributed by atoms with Gasteiger partial charge < -0.3 is 15.3 Å². The first-order valence-electron chi connectivity index (χ1n) is 4.77. The molecule has 0 aromatic carbocycles. The molecule has 0 aromatic rings. The van der Waals surface area contributed by atoms with Gasteiger partial charge in [0.15, 0.2) is 6.29 Å². The van der Waals surface area contributed by atoms with Gasteiger partial charge in [-0.1, -0.05) is 0 Å². The molecule has 0 amide bonds. The first-order valence-corrected chi connectivity index (χ1v) is 5.41. The van der Waals surface area contributed by atoms with Crippen LogP contribution in [0.15, 0.2) is 0 Å². The second kappa shape index (κ2) is 5.00. The van der Waals surface area contributed by atoms with Crippen LogP contribution in [0.3, 0.4) is 0 Å². The highest BCUT2D eigenvalue weighted by Crippen LogP contribution is 2.47. The summed E-state index contributed by atoms with van der Waals surface area (Å²) in [7, 11) is 0. The number of carbonyl (C=O) groups is 1. The fraction of sp³-hybridized carbons (Fsp3) is 0.889. The molecule has 0 spiro atoms. The van der Waals surface area contributed by atoms with Crippen molar-refractivity contribution in [3.63, 3.8) is 0 Å². The van der Waals surface area contributed by atoms with Gasteiger partial charge in [0.1, 0.15) is 0 Å². The van der Waals surface area contributed by atoms with Crippen molar-refractivity contribution in [2.75, 3.05) is 5.75 Å². The Morgan fingerprint density at radius 3 is 2.43 bits per heavy atom. The molecule has 3 atom stereocenters. The normalized spacial score (nSPS) is 27.7. The quantitative estimate of drug-likeness (QED) is 0.384. The average Bonchev–Trinajstić information content (AvgIpc) is 2.84. The Kier molecular flexibility index (Phi) is 4.22. The standard InChI is InChI=1S/C9H16O4S/c10-8(11)5(2-1-3-14)6-4-7(6)9(12)13/h5-7,9,12-14H,1-4H2,(H,10,11). The molecule has 1 fully saturated rings. The van der Waals surface area contributed by atoms with Crippen LogP contribution in [0, 0.1) is 17.8 Å². The predicted molar refractivity (Wildman–Crippen MR) is 54.0 cm³/mol. The van der Waals surface area contributed by atoms with E-state index in [2.05, 4.69) is 12.6 Å². The summed E-state index contributed by atoms with van der Waals surface area (Å²) in [6.07, 6.45) is 0.580. The Balaban J connectivity index is 2.41. The molecule has 3 N–H and O–H groups in total. The van der Waals surface area contributed by atoms with Gasteiger partial charge in [0.05, 0.1) is 5.92 Å². The summed E-state index contributed by atoms with van der Waals surface area (Å²) >= 11 is 4.02. The minimum Gasteiger partial charge on any atom is -0.481 e. The van der Waals surface area contributed by atoms with Crippen molar-refractivity contribution in [3.8, 4) is 0 Å². The molecule has 1 aliphatic carbocycles. The lowest BCUT2D eigenvalue weighted by atomic mass is 9.97. The van der Waals surface area contributed by atoms with Gasteiger partial charge in [-0.2, -0.15) is 12.6 Å². The zero-order valence-electron chi connectivity index (χ0n) is 7.83. The maximum absolute atomic E-state index is 10.9. The van der Waals surface area contributed by atoms with Crippen molar-refractivity contribution < 1.29 is 20.1 Å². The summed E-state index contributed by atoms with van der Waals surface area (Å²) in [4.78, 5) is 10.9. The monoisotopic (exact) mass is 220 g/mol. The molecule has 4 nitrogen and oxygen atoms in total. The molecule has 3 unspecified atom stereocenters. The van der Waals surface area contributed by atoms with E-state index in [9.17, 15) is 4.79 Å². The molecular formula is C9H16O4S. The lowest BCUT2D eigenvalue weighted by molar-refractivity contribution is -0.143. The molecule has 1 saturated carbocycles. The van der Waals surface area contributed by atoms with Crippen molar-refractivity contribution in [1.29, 1.82) is 0 Å². The van der Waals surface area contributed by atoms with Crippen molar-refractivity contribution in [2.24, 2.45) is 17.8 Å². The van der Waals surface area contributed by atoms with Crippen LogP contribution in [0.25, 0.3) is 0 Å². The number of rotatable bonds is 6. The maximum atomic E-state index is 10.9. The van der Waals surface area contributed by atoms with Gasteiger partial charge in [-0.05, 0) is 30.9 Å². The third-order valence-electron chi connectivity index (χ3n) is 2.78. The zero-order chi connectivity index (χ0) is 10.7. The highest BCUT2D eigenvalue weighted by molar-refractivity contribution is 7.80. The molecule has 82 valence electrons. The van der Waals surface area contributed by atoms with Gasteiger partial charge >= 0.3 is 5.97 Å². The molecule has 0 saturated heterocycles. The van der Waals surface area contributed by atoms with Gasteiger partial charge in [0.25, 0.3) is 0 Å². The van der Waals surface area contributed by atoms with Crippen LogP contribution in [-0.2, 0) is 4.79 Å². The Morgan fingerprint density at radius 2 is 2.07 bits per heavy atom. The molecule has 0 aromatic heterocycles. The number of thiol groups is 1. The van der Waals surface area contributed by atoms with Gasteiger partial charge in [0.2, 0.25) is 0 Å². The summed E-state index contributed by atoms with van der Waals surface area (Å²) in [5.74, 6) is -0.902. The Labute approximate surface area is 88.4 Å². The van der Waals surface area contributed by atoms with E-state index in [-0.39, 0.29) is 11.8 Å². The van der Waals surface area contributed by atoms with E-state index in [1.807, 2.05) is 0 Å². The molecule has 0 aliphatic heterocycles. The molecule has 1 rings (SSSR count). The van der Waals surface area contributed by atoms with Crippen molar-refractivity contribution in [3.05, 3.63) is 0 Å². The summed E-state index contributed by atoms with van der Waals surface area (Å²) in [6.45, 7) is 0. The van der Waals surface area contributed by atoms with Crippen molar-refractivity contribution in [1.82, 2.24) is 0 Å². The summed E-state index contributed by atoms with van der Waals surface area (Å²) < 4.78 is 0. The van der Waals surface area contributed by atoms with Crippen LogP contribution < -0.4 is 0 Å². The van der Waals surface area contributed by atoms with E-state index in [1.54, 1.807) is 0 Å². The molecule has 1 aliphatic rings. The summed E-state index contributed by atoms with van der Waals surface area (Å²) in [5.41, 5.74) is 0. The molecular weight excluding hydrogens is 204 g/mol. The van der Waals surface area contributed by atoms with Crippen LogP contribution >= 0.6 is 12.6 Å². The average molecular weight is 220 g/mol. The van der Waals surface area contributed by atoms with E-state index >= 15 is 0 Å². The molecule has 0 heterocycles. The number of aliphatic carboxylic acids is 1. The summed E-state index contributed by atoms with van der Waals surface area (Å²) in [6, 6.07) is 0. The fourth-order valence-corrected chi connectivity index (χ4v) is 2.06. The van der Waals surface area contributed by atoms with Gasteiger partial charge in [-0.25, -0.2) is 0 Å². The first-order chi connectivity index (χ1) is 6.57. The highest BCUT2D eigenvalue weighted by atomic mass is 32.1. The van der Waals surface area contributed by atoms with Crippen LogP contribution in [0.5, 0.6) is 0 Å². The fourth-order valence-electron chi connectivity index (χ4n) is 1.87. The molecule has 0 bridgehead atoms. The van der Waals surface area contributed by atoms with Crippen molar-refractivity contribution >= 4 is 18.6 Å². The Bertz CT molecular complexity index is 207. The highest BCUT2D eigenvalue weighted by Gasteiger charge is 2.48. The van der Waals surface area contributed by atoms with Gasteiger partial charge in [0, 0.05) is 5.92 Å². The Hall–Kier alpha value is -0.260. The SMILES string of the molecule is O=C(O)C(CCCS)C1CC1C(O)O. The lowest BCUT2D eigenvalue weighted by Crippen LogP contribution is -2.20. The third-order valence-corrected chi connectivity index (χ3v) is 3.10. The predicted octanol–water partition coefficient (Wildman–Crippen LogP) is 0.344. The van der Waals surface area contributed by atoms with Gasteiger partial charge in [-0.15, -0.1) is 0 Å². The summed E-state index contributed by atoms with van der Waals surface area (Å²) in [5, 5.41) is 26.7. The minimum atomic E-state index is -1.36. The maximum Gasteiger partial charge on any atom is 0.306 e. The number of aliphatic hydroxyl groups is 2. The lowest BCUT2D eigenvalue weighted by Gasteiger charge is -2.11. The van der Waals surface area contributed by atoms with E-state index < -0.39 is 18.2 Å². The zero-order valence-corrected chi connectivity index (χ0v) is 8.73. The molecule has 14 heavy (non-hydrogen) atoms. The number of aliphatic hydroxyl groups excluding tert-OH is 1. The number of hydrogen-bond donors (Lipinski definition) is 4. The Morgan fingerprint density at radius 1 is 1.43 bits per heavy atom. The molecule has 5 heteroatoms. The smallest absolute Gasteiger partial charge is 0.306 e. The number of carboxylic acid groups (broad SMARTS) is 1. The minimum absolute atomic E-state index is 0.0626. The topological polar surface area (TPSA) is 77.8 Å². The molecule has 0 radical (unpaired) electrons. The van der Waals surface area contributed by atoms with E-state index in [4.69, 9.17) is 15.3 Å². The largest absolute Gasteiger partial charge is 0.481 e. The van der Waals surface area contributed by atoms with E-state index in [0.717, 1.165) is 6.42 Å². The van der Waals surface area contributed by atoms with Crippen LogP contribution in [0.1, 0.15) is 19.3 Å². The third kappa shape index (κ3) is 2.87. The second-order valence-corrected chi connectivity index (χ2v) is 4.23. The van der Waals surface area contributed by atoms with E-state index in [1.165, 1.54) is 0 Å².